The molecule has 2 rings (SSSR count). The first kappa shape index (κ1) is 57.4. The Bertz CT molecular complexity index is 1350. The molecule has 2 saturated heterocycles. The van der Waals surface area contributed by atoms with Crippen molar-refractivity contribution in [1.82, 2.24) is 20.0 Å². The van der Waals surface area contributed by atoms with E-state index in [0.717, 1.165) is 12.8 Å². The highest BCUT2D eigenvalue weighted by Crippen LogP contribution is 2.36. The van der Waals surface area contributed by atoms with Crippen LogP contribution in [0.15, 0.2) is 0 Å². The zero-order valence-electron chi connectivity index (χ0n) is 41.7. The summed E-state index contributed by atoms with van der Waals surface area (Å²) >= 11 is 5.70. The van der Waals surface area contributed by atoms with Crippen LogP contribution in [0.2, 0.25) is 0 Å². The number of nitrogens with zero attached hydrogens (tertiary/aromatic N) is 3. The van der Waals surface area contributed by atoms with Crippen LogP contribution in [-0.2, 0) is 38.0 Å². The normalized spacial score (nSPS) is 34.6. The molecule has 0 aromatic rings. The van der Waals surface area contributed by atoms with Crippen LogP contribution in [0, 0.1) is 23.7 Å². The van der Waals surface area contributed by atoms with Gasteiger partial charge in [-0.05, 0) is 126 Å². The smallest absolute Gasteiger partial charge is 0.311 e. The summed E-state index contributed by atoms with van der Waals surface area (Å²) in [5, 5.41) is 38.4. The lowest BCUT2D eigenvalue weighted by Gasteiger charge is -2.43. The highest BCUT2D eigenvalue weighted by molar-refractivity contribution is 7.80. The van der Waals surface area contributed by atoms with Crippen molar-refractivity contribution < 1.29 is 53.3 Å². The van der Waals surface area contributed by atoms with Gasteiger partial charge < -0.3 is 58.9 Å². The maximum absolute atomic E-state index is 14.4. The molecule has 2 aliphatic heterocycles. The molecule has 16 heteroatoms. The van der Waals surface area contributed by atoms with E-state index in [1.54, 1.807) is 34.6 Å². The molecular formula is C47H90N4O11S. The Kier molecular flexibility index (Phi) is 25.3. The van der Waals surface area contributed by atoms with Crippen LogP contribution in [0.5, 0.6) is 0 Å². The van der Waals surface area contributed by atoms with Crippen molar-refractivity contribution in [3.63, 3.8) is 0 Å². The molecule has 0 saturated carbocycles. The first-order valence-electron chi connectivity index (χ1n) is 24.0. The molecule has 16 atom stereocenters. The van der Waals surface area contributed by atoms with Gasteiger partial charge in [0.2, 0.25) is 0 Å². The highest BCUT2D eigenvalue weighted by Gasteiger charge is 2.48. The Labute approximate surface area is 386 Å². The van der Waals surface area contributed by atoms with E-state index in [2.05, 4.69) is 56.9 Å². The molecule has 2 heterocycles. The monoisotopic (exact) mass is 919 g/mol. The molecule has 0 amide bonds. The average Bonchev–Trinajstić information content (AvgIpc) is 3.22. The topological polar surface area (TPSA) is 172 Å². The highest BCUT2D eigenvalue weighted by atomic mass is 32.1. The van der Waals surface area contributed by atoms with Crippen LogP contribution in [-0.4, -0.2) is 173 Å². The second-order valence-corrected chi connectivity index (χ2v) is 19.4. The van der Waals surface area contributed by atoms with Gasteiger partial charge in [0, 0.05) is 57.1 Å². The number of thiocarbonyl (C=S) groups is 1. The van der Waals surface area contributed by atoms with Crippen LogP contribution >= 0.6 is 12.2 Å². The quantitative estimate of drug-likeness (QED) is 0.0743. The Balaban J connectivity index is 2.66. The summed E-state index contributed by atoms with van der Waals surface area (Å²) in [5.41, 5.74) is -1.82. The number of hydrogen-bond donors (Lipinski definition) is 4. The summed E-state index contributed by atoms with van der Waals surface area (Å²) in [4.78, 5) is 33.1. The molecule has 2 aliphatic rings. The fraction of sp³-hybridized carbons (Fsp3) is 0.936. The maximum Gasteiger partial charge on any atom is 0.311 e. The summed E-state index contributed by atoms with van der Waals surface area (Å²) < 4.78 is 38.0. The number of hydrogen-bond acceptors (Lipinski definition) is 14. The number of carbonyl (C=O) groups is 2. The minimum Gasteiger partial charge on any atom is -0.466 e. The molecule has 0 aromatic carbocycles. The number of cyclic esters (lactones) is 1. The minimum absolute atomic E-state index is 0.0165. The molecular weight excluding hydrogens is 829 g/mol. The fourth-order valence-corrected chi connectivity index (χ4v) is 9.58. The van der Waals surface area contributed by atoms with Gasteiger partial charge in [-0.2, -0.15) is 0 Å². The van der Waals surface area contributed by atoms with Crippen molar-refractivity contribution in [2.45, 2.75) is 208 Å². The van der Waals surface area contributed by atoms with Crippen LogP contribution in [0.25, 0.3) is 0 Å². The summed E-state index contributed by atoms with van der Waals surface area (Å²) in [6.07, 6.45) is -2.16. The number of carbonyl (C=O) groups excluding carboxylic acids is 2. The largest absolute Gasteiger partial charge is 0.466 e. The molecule has 0 radical (unpaired) electrons. The van der Waals surface area contributed by atoms with Crippen LogP contribution in [0.1, 0.15) is 135 Å². The van der Waals surface area contributed by atoms with E-state index in [-0.39, 0.29) is 48.7 Å². The minimum atomic E-state index is -1.82. The van der Waals surface area contributed by atoms with Crippen molar-refractivity contribution in [2.75, 3.05) is 53.4 Å². The summed E-state index contributed by atoms with van der Waals surface area (Å²) in [6, 6.07) is -0.276. The van der Waals surface area contributed by atoms with Crippen molar-refractivity contribution in [1.29, 1.82) is 0 Å². The van der Waals surface area contributed by atoms with Crippen molar-refractivity contribution >= 4 is 29.3 Å². The number of ether oxygens (including phenoxy) is 6. The van der Waals surface area contributed by atoms with Crippen LogP contribution < -0.4 is 5.32 Å². The van der Waals surface area contributed by atoms with Crippen molar-refractivity contribution in [3.05, 3.63) is 0 Å². The van der Waals surface area contributed by atoms with Gasteiger partial charge in [0.05, 0.1) is 49.5 Å². The Morgan fingerprint density at radius 3 is 2.27 bits per heavy atom. The van der Waals surface area contributed by atoms with Gasteiger partial charge in [0.25, 0.3) is 0 Å². The van der Waals surface area contributed by atoms with Crippen molar-refractivity contribution in [3.8, 4) is 0 Å². The number of aliphatic hydroxyl groups is 3. The Hall–Kier alpha value is -1.73. The number of nitrogens with one attached hydrogen (secondary N) is 1. The van der Waals surface area contributed by atoms with Gasteiger partial charge in [0.15, 0.2) is 17.7 Å². The molecule has 7 unspecified atom stereocenters. The van der Waals surface area contributed by atoms with Gasteiger partial charge in [-0.3, -0.25) is 14.5 Å². The maximum atomic E-state index is 14.4. The first-order valence-corrected chi connectivity index (χ1v) is 24.4. The summed E-state index contributed by atoms with van der Waals surface area (Å²) in [5.74, 6) is -2.01. The SMILES string of the molecule is CCNC(=S)N(CCCN1C[C@H](C)C[C@H](C)[C@H](OC2CC(N(C)C)CC(C)O2)[C@@H](C)[C@H](O[C@@H](CC)OC(C)[C@@H](C)O)C(C)C(=O)O[C@H](CC)[C@@](C)(O)C(O)C1C)CCC(=O)OCC. The second-order valence-electron chi connectivity index (χ2n) is 19.0. The number of rotatable bonds is 19. The Morgan fingerprint density at radius 2 is 1.70 bits per heavy atom. The van der Waals surface area contributed by atoms with Gasteiger partial charge in [-0.25, -0.2) is 0 Å². The molecule has 0 aliphatic carbocycles. The van der Waals surface area contributed by atoms with Gasteiger partial charge >= 0.3 is 11.9 Å². The molecule has 2 fully saturated rings. The van der Waals surface area contributed by atoms with E-state index in [4.69, 9.17) is 40.6 Å². The van der Waals surface area contributed by atoms with E-state index >= 15 is 0 Å². The third-order valence-corrected chi connectivity index (χ3v) is 13.7. The average molecular weight is 919 g/mol. The molecule has 0 aromatic heterocycles. The molecule has 0 bridgehead atoms. The first-order chi connectivity index (χ1) is 29.5. The zero-order valence-corrected chi connectivity index (χ0v) is 42.5. The zero-order chi connectivity index (χ0) is 47.8. The van der Waals surface area contributed by atoms with Gasteiger partial charge in [-0.1, -0.05) is 34.6 Å². The van der Waals surface area contributed by atoms with E-state index in [9.17, 15) is 24.9 Å². The van der Waals surface area contributed by atoms with E-state index in [0.29, 0.717) is 63.7 Å². The standard InChI is InChI=1S/C47H90N4O11S/c1-16-38-47(13,56)44(54)34(10)51(23-20-22-50(46(63)48-18-3)24-21-39(53)57-19-4)28-29(5)25-30(6)42(62-41-27-37(49(14)15)26-31(7)58-41)32(8)43(33(9)45(55)60-38)61-40(17-2)59-36(12)35(11)52/h29-38,40-44,52,54,56H,16-28H2,1-15H3,(H,48,63)/t29-,30+,31?,32-,33?,34?,35-,36?,37?,38-,40+,41?,42+,43+,44?,47-/m1/s1. The third-order valence-electron chi connectivity index (χ3n) is 13.3. The van der Waals surface area contributed by atoms with Gasteiger partial charge in [0.1, 0.15) is 17.8 Å². The van der Waals surface area contributed by atoms with Gasteiger partial charge in [-0.15, -0.1) is 0 Å². The molecule has 4 N–H and O–H groups in total. The van der Waals surface area contributed by atoms with E-state index in [1.807, 2.05) is 32.6 Å². The lowest BCUT2D eigenvalue weighted by Crippen LogP contribution is -2.59. The second kappa shape index (κ2) is 27.8. The molecule has 0 spiro atoms. The summed E-state index contributed by atoms with van der Waals surface area (Å²) in [6.45, 7) is 27.8. The third kappa shape index (κ3) is 17.8. The Morgan fingerprint density at radius 1 is 1.03 bits per heavy atom. The predicted octanol–water partition coefficient (Wildman–Crippen LogP) is 5.35. The predicted molar refractivity (Wildman–Crippen MR) is 250 cm³/mol. The van der Waals surface area contributed by atoms with E-state index < -0.39 is 72.7 Å². The number of aliphatic hydroxyl groups excluding tert-OH is 2. The molecule has 15 nitrogen and oxygen atoms in total. The van der Waals surface area contributed by atoms with E-state index in [1.165, 1.54) is 0 Å². The molecule has 370 valence electrons. The van der Waals surface area contributed by atoms with Crippen molar-refractivity contribution in [2.24, 2.45) is 23.7 Å². The summed E-state index contributed by atoms with van der Waals surface area (Å²) in [7, 11) is 4.16. The lowest BCUT2D eigenvalue weighted by atomic mass is 9.80. The lowest BCUT2D eigenvalue weighted by molar-refractivity contribution is -0.263. The van der Waals surface area contributed by atoms with Crippen LogP contribution in [0.4, 0.5) is 0 Å². The van der Waals surface area contributed by atoms with Crippen LogP contribution in [0.3, 0.4) is 0 Å². The molecule has 63 heavy (non-hydrogen) atoms. The number of esters is 2. The fourth-order valence-electron chi connectivity index (χ4n) is 9.25.